The molecule has 5 aromatic rings. The molecule has 7 nitrogen and oxygen atoms in total. The zero-order chi connectivity index (χ0) is 24.1. The normalized spacial score (nSPS) is 13.3. The van der Waals surface area contributed by atoms with Crippen LogP contribution >= 0.6 is 0 Å². The lowest BCUT2D eigenvalue weighted by atomic mass is 9.90. The molecule has 3 heterocycles. The van der Waals surface area contributed by atoms with E-state index in [1.165, 1.54) is 4.90 Å². The summed E-state index contributed by atoms with van der Waals surface area (Å²) in [5.74, 6) is 0.631. The number of hydrogen-bond donors (Lipinski definition) is 2. The minimum Gasteiger partial charge on any atom is -0.497 e. The van der Waals surface area contributed by atoms with E-state index in [1.54, 1.807) is 38.5 Å². The summed E-state index contributed by atoms with van der Waals surface area (Å²) in [7, 11) is 3.27. The van der Waals surface area contributed by atoms with Crippen LogP contribution in [0.2, 0.25) is 0 Å². The van der Waals surface area contributed by atoms with Gasteiger partial charge in [-0.3, -0.25) is 14.5 Å². The number of H-pyrrole nitrogens is 2. The molecule has 2 amide bonds. The first-order valence-corrected chi connectivity index (χ1v) is 11.3. The number of fused-ring (bicyclic) bond motifs is 3. The highest BCUT2D eigenvalue weighted by Gasteiger charge is 2.38. The number of aromatic amines is 2. The highest BCUT2D eigenvalue weighted by molar-refractivity contribution is 6.21. The number of benzene rings is 3. The van der Waals surface area contributed by atoms with Gasteiger partial charge in [-0.25, -0.2) is 0 Å². The van der Waals surface area contributed by atoms with Crippen molar-refractivity contribution in [2.75, 3.05) is 20.8 Å². The minimum absolute atomic E-state index is 0.195. The molecule has 3 aromatic carbocycles. The third-order valence-corrected chi connectivity index (χ3v) is 6.84. The van der Waals surface area contributed by atoms with Crippen LogP contribution in [0.5, 0.6) is 11.5 Å². The maximum atomic E-state index is 13.3. The number of amides is 2. The smallest absolute Gasteiger partial charge is 0.261 e. The fraction of sp³-hybridized carbons (Fsp3) is 0.143. The molecule has 0 atom stereocenters. The number of carbonyl (C=O) groups excluding carboxylic acids is 2. The summed E-state index contributed by atoms with van der Waals surface area (Å²) in [6.07, 6.45) is 3.90. The van der Waals surface area contributed by atoms with E-state index in [0.717, 1.165) is 44.4 Å². The molecular formula is C28H23N3O4. The van der Waals surface area contributed by atoms with Crippen LogP contribution in [0.1, 0.15) is 37.8 Å². The third kappa shape index (κ3) is 3.27. The van der Waals surface area contributed by atoms with Gasteiger partial charge in [0.15, 0.2) is 0 Å². The Hall–Kier alpha value is -4.52. The number of nitrogens with one attached hydrogen (secondary N) is 2. The number of hydrogen-bond acceptors (Lipinski definition) is 4. The first-order chi connectivity index (χ1) is 17.1. The number of nitrogens with zero attached hydrogens (tertiary/aromatic N) is 1. The number of rotatable bonds is 6. The van der Waals surface area contributed by atoms with E-state index in [-0.39, 0.29) is 24.3 Å². The number of carbonyl (C=O) groups is 2. The molecule has 0 bridgehead atoms. The highest BCUT2D eigenvalue weighted by Crippen LogP contribution is 2.39. The van der Waals surface area contributed by atoms with E-state index < -0.39 is 0 Å². The van der Waals surface area contributed by atoms with Crippen molar-refractivity contribution in [3.05, 3.63) is 95.3 Å². The highest BCUT2D eigenvalue weighted by atomic mass is 16.5. The lowest BCUT2D eigenvalue weighted by molar-refractivity contribution is 0.0649. The van der Waals surface area contributed by atoms with E-state index in [0.29, 0.717) is 11.1 Å². The van der Waals surface area contributed by atoms with Gasteiger partial charge in [0.1, 0.15) is 11.5 Å². The molecule has 0 saturated heterocycles. The zero-order valence-electron chi connectivity index (χ0n) is 19.3. The lowest BCUT2D eigenvalue weighted by Crippen LogP contribution is -2.34. The maximum absolute atomic E-state index is 13.3. The summed E-state index contributed by atoms with van der Waals surface area (Å²) in [5, 5.41) is 1.95. The first-order valence-electron chi connectivity index (χ1n) is 11.3. The monoisotopic (exact) mass is 465 g/mol. The van der Waals surface area contributed by atoms with Crippen LogP contribution in [0, 0.1) is 0 Å². The van der Waals surface area contributed by atoms with E-state index in [9.17, 15) is 9.59 Å². The maximum Gasteiger partial charge on any atom is 0.261 e. The van der Waals surface area contributed by atoms with Crippen LogP contribution in [0.4, 0.5) is 0 Å². The fourth-order valence-corrected chi connectivity index (χ4v) is 5.02. The predicted molar refractivity (Wildman–Crippen MR) is 133 cm³/mol. The largest absolute Gasteiger partial charge is 0.497 e. The Balaban J connectivity index is 1.52. The van der Waals surface area contributed by atoms with Crippen molar-refractivity contribution in [1.82, 2.24) is 14.9 Å². The number of methoxy groups -OCH3 is 2. The summed E-state index contributed by atoms with van der Waals surface area (Å²) in [6.45, 7) is 0.195. The van der Waals surface area contributed by atoms with Crippen LogP contribution in [0.15, 0.2) is 73.1 Å². The lowest BCUT2D eigenvalue weighted by Gasteiger charge is -2.23. The number of imide groups is 1. The van der Waals surface area contributed by atoms with Gasteiger partial charge >= 0.3 is 0 Å². The average molecular weight is 466 g/mol. The summed E-state index contributed by atoms with van der Waals surface area (Å²) in [6, 6.07) is 18.7. The van der Waals surface area contributed by atoms with Crippen LogP contribution < -0.4 is 9.47 Å². The van der Waals surface area contributed by atoms with Crippen molar-refractivity contribution in [2.24, 2.45) is 0 Å². The van der Waals surface area contributed by atoms with E-state index in [1.807, 2.05) is 48.8 Å². The molecule has 0 unspecified atom stereocenters. The van der Waals surface area contributed by atoms with Gasteiger partial charge in [0.25, 0.3) is 11.8 Å². The average Bonchev–Trinajstić information content (AvgIpc) is 3.57. The molecule has 6 rings (SSSR count). The summed E-state index contributed by atoms with van der Waals surface area (Å²) >= 11 is 0. The second kappa shape index (κ2) is 8.06. The Kier molecular flexibility index (Phi) is 4.84. The standard InChI is InChI=1S/C28H23N3O4/c1-34-16-7-9-25-20(11-16)22(13-29-25)24(23-14-30-26-10-8-17(35-2)12-21(23)26)15-31-27(32)18-5-3-4-6-19(18)28(31)33/h3-14,24,29-30H,15H2,1-2H3. The van der Waals surface area contributed by atoms with E-state index >= 15 is 0 Å². The second-order valence-corrected chi connectivity index (χ2v) is 8.63. The topological polar surface area (TPSA) is 87.4 Å². The Morgan fingerprint density at radius 3 is 1.69 bits per heavy atom. The van der Waals surface area contributed by atoms with Gasteiger partial charge in [-0.1, -0.05) is 12.1 Å². The minimum atomic E-state index is -0.293. The molecule has 0 fully saturated rings. The van der Waals surface area contributed by atoms with Crippen molar-refractivity contribution >= 4 is 33.6 Å². The van der Waals surface area contributed by atoms with Gasteiger partial charge < -0.3 is 19.4 Å². The number of ether oxygens (including phenoxy) is 2. The molecule has 2 N–H and O–H groups in total. The van der Waals surface area contributed by atoms with Crippen molar-refractivity contribution in [3.8, 4) is 11.5 Å². The predicted octanol–water partition coefficient (Wildman–Crippen LogP) is 5.09. The Bertz CT molecular complexity index is 1500. The molecule has 1 aliphatic rings. The second-order valence-electron chi connectivity index (χ2n) is 8.63. The van der Waals surface area contributed by atoms with Crippen molar-refractivity contribution in [3.63, 3.8) is 0 Å². The van der Waals surface area contributed by atoms with Gasteiger partial charge in [0.05, 0.1) is 25.3 Å². The molecule has 7 heteroatoms. The molecule has 35 heavy (non-hydrogen) atoms. The van der Waals surface area contributed by atoms with Crippen molar-refractivity contribution in [1.29, 1.82) is 0 Å². The third-order valence-electron chi connectivity index (χ3n) is 6.84. The number of aromatic nitrogens is 2. The Labute approximate surface area is 201 Å². The van der Waals surface area contributed by atoms with Crippen LogP contribution in [0.25, 0.3) is 21.8 Å². The fourth-order valence-electron chi connectivity index (χ4n) is 5.02. The summed E-state index contributed by atoms with van der Waals surface area (Å²) in [4.78, 5) is 34.5. The summed E-state index contributed by atoms with van der Waals surface area (Å²) < 4.78 is 10.9. The van der Waals surface area contributed by atoms with Gasteiger partial charge in [0.2, 0.25) is 0 Å². The van der Waals surface area contributed by atoms with Crippen molar-refractivity contribution < 1.29 is 19.1 Å². The Morgan fingerprint density at radius 1 is 0.743 bits per heavy atom. The van der Waals surface area contributed by atoms with Crippen LogP contribution in [0.3, 0.4) is 0 Å². The molecule has 1 aliphatic heterocycles. The molecule has 2 aromatic heterocycles. The molecule has 0 aliphatic carbocycles. The zero-order valence-corrected chi connectivity index (χ0v) is 19.3. The van der Waals surface area contributed by atoms with Crippen LogP contribution in [-0.2, 0) is 0 Å². The molecule has 174 valence electrons. The Morgan fingerprint density at radius 2 is 1.23 bits per heavy atom. The van der Waals surface area contributed by atoms with Gasteiger partial charge in [-0.15, -0.1) is 0 Å². The summed E-state index contributed by atoms with van der Waals surface area (Å²) in [5.41, 5.74) is 4.73. The molecular weight excluding hydrogens is 442 g/mol. The molecule has 0 radical (unpaired) electrons. The molecule has 0 saturated carbocycles. The van der Waals surface area contributed by atoms with Gasteiger partial charge in [-0.05, 0) is 59.7 Å². The quantitative estimate of drug-likeness (QED) is 0.342. The van der Waals surface area contributed by atoms with Gasteiger partial charge in [0, 0.05) is 46.7 Å². The SMILES string of the molecule is COc1ccc2[nH]cc(C(CN3C(=O)c4ccccc4C3=O)c3c[nH]c4ccc(OC)cc34)c2c1. The molecule has 0 spiro atoms. The van der Waals surface area contributed by atoms with Crippen LogP contribution in [-0.4, -0.2) is 47.4 Å². The van der Waals surface area contributed by atoms with E-state index in [4.69, 9.17) is 9.47 Å². The van der Waals surface area contributed by atoms with E-state index in [2.05, 4.69) is 9.97 Å². The van der Waals surface area contributed by atoms with Gasteiger partial charge in [-0.2, -0.15) is 0 Å². The first kappa shape index (κ1) is 21.0. The van der Waals surface area contributed by atoms with Crippen molar-refractivity contribution in [2.45, 2.75) is 5.92 Å².